The van der Waals surface area contributed by atoms with Crippen LogP contribution in [0.4, 0.5) is 15.8 Å². The highest BCUT2D eigenvalue weighted by Gasteiger charge is 2.27. The van der Waals surface area contributed by atoms with E-state index in [1.807, 2.05) is 17.0 Å². The van der Waals surface area contributed by atoms with Crippen LogP contribution in [-0.2, 0) is 6.42 Å². The van der Waals surface area contributed by atoms with Crippen LogP contribution in [0.25, 0.3) is 0 Å². The van der Waals surface area contributed by atoms with E-state index >= 15 is 0 Å². The molecule has 1 saturated heterocycles. The number of alkyl halides is 1. The molecule has 7 heteroatoms. The van der Waals surface area contributed by atoms with Gasteiger partial charge in [-0.3, -0.25) is 9.78 Å². The maximum Gasteiger partial charge on any atom is 0.187 e. The van der Waals surface area contributed by atoms with Crippen molar-refractivity contribution in [2.75, 3.05) is 23.7 Å². The lowest BCUT2D eigenvalue weighted by Gasteiger charge is -2.35. The number of hydrogen-bond donors (Lipinski definition) is 2. The average Bonchev–Trinajstić information content (AvgIpc) is 2.74. The summed E-state index contributed by atoms with van der Waals surface area (Å²) in [4.78, 5) is 23.9. The van der Waals surface area contributed by atoms with Crippen LogP contribution in [0, 0.1) is 0 Å². The number of rotatable bonds is 5. The molecule has 1 aliphatic carbocycles. The first-order valence-electron chi connectivity index (χ1n) is 10.9. The number of hydrogen-bond acceptors (Lipinski definition) is 6. The Morgan fingerprint density at radius 2 is 1.94 bits per heavy atom. The van der Waals surface area contributed by atoms with Crippen LogP contribution in [0.1, 0.15) is 73.6 Å². The van der Waals surface area contributed by atoms with Gasteiger partial charge in [-0.15, -0.1) is 0 Å². The lowest BCUT2D eigenvalue weighted by atomic mass is 9.86. The van der Waals surface area contributed by atoms with Gasteiger partial charge >= 0.3 is 0 Å². The predicted octanol–water partition coefficient (Wildman–Crippen LogP) is 4.04. The van der Waals surface area contributed by atoms with E-state index in [-0.39, 0.29) is 32.2 Å². The largest absolute Gasteiger partial charge is 0.397 e. The number of aromatic nitrogens is 2. The Labute approximate surface area is 184 Å². The summed E-state index contributed by atoms with van der Waals surface area (Å²) in [5.41, 5.74) is 15.4. The van der Waals surface area contributed by atoms with E-state index in [4.69, 9.17) is 11.5 Å². The fourth-order valence-corrected chi connectivity index (χ4v) is 4.73. The zero-order chi connectivity index (χ0) is 21.1. The van der Waals surface area contributed by atoms with Crippen molar-refractivity contribution in [3.63, 3.8) is 0 Å². The van der Waals surface area contributed by atoms with Gasteiger partial charge in [-0.2, -0.15) is 0 Å². The number of carbonyl (C=O) groups excluding carboxylic acids is 1. The lowest BCUT2D eigenvalue weighted by Crippen LogP contribution is -2.48. The zero-order valence-electron chi connectivity index (χ0n) is 17.3. The second-order valence-corrected chi connectivity index (χ2v) is 8.61. The smallest absolute Gasteiger partial charge is 0.187 e. The van der Waals surface area contributed by atoms with Gasteiger partial charge < -0.3 is 16.4 Å². The molecule has 168 valence electrons. The Morgan fingerprint density at radius 3 is 2.68 bits per heavy atom. The summed E-state index contributed by atoms with van der Waals surface area (Å²) in [6, 6.07) is 5.34. The van der Waals surface area contributed by atoms with Crippen molar-refractivity contribution in [3.8, 4) is 0 Å². The summed E-state index contributed by atoms with van der Waals surface area (Å²) in [5, 5.41) is 0. The molecule has 1 saturated carbocycles. The first-order chi connectivity index (χ1) is 14.5. The third-order valence-corrected chi connectivity index (χ3v) is 6.24. The van der Waals surface area contributed by atoms with Crippen molar-refractivity contribution < 1.29 is 9.18 Å². The molecule has 0 radical (unpaired) electrons. The monoisotopic (exact) mass is 427 g/mol. The van der Waals surface area contributed by atoms with Gasteiger partial charge in [0, 0.05) is 60.8 Å². The van der Waals surface area contributed by atoms with Gasteiger partial charge in [0.15, 0.2) is 5.78 Å². The van der Waals surface area contributed by atoms with E-state index in [0.29, 0.717) is 30.3 Å². The van der Waals surface area contributed by atoms with Gasteiger partial charge in [-0.05, 0) is 37.5 Å². The molecule has 6 nitrogen and oxygen atoms in total. The van der Waals surface area contributed by atoms with E-state index < -0.39 is 6.17 Å². The van der Waals surface area contributed by atoms with Gasteiger partial charge in [-0.1, -0.05) is 26.7 Å². The molecular formula is C24H34FN5O. The molecule has 4 N–H and O–H groups in total. The number of nitrogens with two attached hydrogens (primary N) is 2. The fourth-order valence-electron chi connectivity index (χ4n) is 4.73. The van der Waals surface area contributed by atoms with Gasteiger partial charge in [0.2, 0.25) is 0 Å². The normalized spacial score (nSPS) is 22.1. The Hall–Kier alpha value is -2.54. The molecule has 1 aliphatic heterocycles. The number of nitrogen functional groups attached to an aromatic ring is 1. The zero-order valence-corrected chi connectivity index (χ0v) is 17.3. The average molecular weight is 428 g/mol. The summed E-state index contributed by atoms with van der Waals surface area (Å²) in [7, 11) is 0. The second kappa shape index (κ2) is 10.2. The minimum absolute atomic E-state index is 0. The molecule has 0 spiro atoms. The highest BCUT2D eigenvalue weighted by atomic mass is 19.1. The van der Waals surface area contributed by atoms with E-state index in [0.717, 1.165) is 29.8 Å². The van der Waals surface area contributed by atoms with Crippen LogP contribution in [0.3, 0.4) is 0 Å². The van der Waals surface area contributed by atoms with Crippen molar-refractivity contribution in [2.24, 2.45) is 5.73 Å². The quantitative estimate of drug-likeness (QED) is 0.699. The second-order valence-electron chi connectivity index (χ2n) is 8.61. The third kappa shape index (κ3) is 5.39. The van der Waals surface area contributed by atoms with Crippen molar-refractivity contribution in [1.29, 1.82) is 0 Å². The summed E-state index contributed by atoms with van der Waals surface area (Å²) in [6.07, 6.45) is 8.72. The molecule has 2 aliphatic rings. The molecule has 0 aromatic carbocycles. The molecule has 2 aromatic heterocycles. The van der Waals surface area contributed by atoms with Gasteiger partial charge in [0.1, 0.15) is 11.9 Å². The maximum atomic E-state index is 14.1. The van der Waals surface area contributed by atoms with Crippen LogP contribution in [0.5, 0.6) is 0 Å². The number of halogens is 1. The number of piperidine rings is 1. The third-order valence-electron chi connectivity index (χ3n) is 6.24. The molecule has 4 rings (SSSR count). The number of pyridine rings is 2. The Morgan fingerprint density at radius 1 is 1.16 bits per heavy atom. The molecule has 0 amide bonds. The first-order valence-corrected chi connectivity index (χ1v) is 10.9. The fraction of sp³-hybridized carbons (Fsp3) is 0.542. The highest BCUT2D eigenvalue weighted by Crippen LogP contribution is 2.32. The van der Waals surface area contributed by atoms with Crippen molar-refractivity contribution in [3.05, 3.63) is 47.5 Å². The van der Waals surface area contributed by atoms with Gasteiger partial charge in [0.05, 0.1) is 5.69 Å². The maximum absolute atomic E-state index is 14.1. The number of ketones is 1. The number of nitrogens with zero attached hydrogens (tertiary/aromatic N) is 3. The standard InChI is InChI=1S/C23H30FN5O.CH4/c24-17-11-18(25)14-29(13-17)21-8-9-27-12-16(21)10-22(30)23-19(26)6-7-20(28-23)15-4-2-1-3-5-15;/h6-9,12,15,17-18H,1-5,10-11,13-14,25-26H2;1H4/t17-,18+;/m1./s1. The van der Waals surface area contributed by atoms with E-state index in [1.165, 1.54) is 19.3 Å². The van der Waals surface area contributed by atoms with Crippen molar-refractivity contribution in [1.82, 2.24) is 9.97 Å². The summed E-state index contributed by atoms with van der Waals surface area (Å²) in [6.45, 7) is 0.833. The molecule has 31 heavy (non-hydrogen) atoms. The highest BCUT2D eigenvalue weighted by molar-refractivity contribution is 6.00. The summed E-state index contributed by atoms with van der Waals surface area (Å²) < 4.78 is 14.1. The molecule has 2 atom stereocenters. The Bertz CT molecular complexity index is 889. The van der Waals surface area contributed by atoms with E-state index in [9.17, 15) is 9.18 Å². The Balaban J connectivity index is 0.00000272. The molecule has 2 fully saturated rings. The van der Waals surface area contributed by atoms with Crippen molar-refractivity contribution >= 4 is 17.2 Å². The minimum Gasteiger partial charge on any atom is -0.397 e. The van der Waals surface area contributed by atoms with Crippen molar-refractivity contribution in [2.45, 2.75) is 70.5 Å². The van der Waals surface area contributed by atoms with Crippen LogP contribution < -0.4 is 16.4 Å². The number of carbonyl (C=O) groups is 1. The van der Waals surface area contributed by atoms with E-state index in [2.05, 4.69) is 9.97 Å². The van der Waals surface area contributed by atoms with Gasteiger partial charge in [-0.25, -0.2) is 9.37 Å². The summed E-state index contributed by atoms with van der Waals surface area (Å²) in [5.74, 6) is 0.258. The van der Waals surface area contributed by atoms with Crippen LogP contribution >= 0.6 is 0 Å². The lowest BCUT2D eigenvalue weighted by molar-refractivity contribution is 0.0988. The first kappa shape index (κ1) is 23.1. The SMILES string of the molecule is C.Nc1ccc(C2CCCCC2)nc1C(=O)Cc1cnccc1N1C[C@@H](N)C[C@@H](F)C1. The van der Waals surface area contributed by atoms with Gasteiger partial charge in [0.25, 0.3) is 0 Å². The minimum atomic E-state index is -0.977. The predicted molar refractivity (Wildman–Crippen MR) is 123 cm³/mol. The summed E-state index contributed by atoms with van der Waals surface area (Å²) >= 11 is 0. The van der Waals surface area contributed by atoms with Crippen LogP contribution in [-0.4, -0.2) is 41.1 Å². The Kier molecular flexibility index (Phi) is 7.59. The molecular weight excluding hydrogens is 393 g/mol. The van der Waals surface area contributed by atoms with E-state index in [1.54, 1.807) is 18.5 Å². The number of anilines is 2. The molecule has 0 bridgehead atoms. The van der Waals surface area contributed by atoms with Crippen LogP contribution in [0.2, 0.25) is 0 Å². The van der Waals surface area contributed by atoms with Crippen LogP contribution in [0.15, 0.2) is 30.6 Å². The molecule has 0 unspecified atom stereocenters. The number of Topliss-reactive ketones (excluding diaryl/α,β-unsaturated/α-hetero) is 1. The molecule has 2 aromatic rings. The molecule has 3 heterocycles. The topological polar surface area (TPSA) is 98.1 Å².